The van der Waals surface area contributed by atoms with Gasteiger partial charge in [0.25, 0.3) is 5.56 Å². The Morgan fingerprint density at radius 2 is 1.88 bits per heavy atom. The van der Waals surface area contributed by atoms with Crippen LogP contribution in [0.5, 0.6) is 5.75 Å². The van der Waals surface area contributed by atoms with Crippen LogP contribution in [0.1, 0.15) is 18.4 Å². The van der Waals surface area contributed by atoms with Crippen LogP contribution >= 0.6 is 11.3 Å². The Bertz CT molecular complexity index is 1450. The molecule has 7 nitrogen and oxygen atoms in total. The number of aromatic nitrogens is 4. The summed E-state index contributed by atoms with van der Waals surface area (Å²) in [4.78, 5) is 24.0. The average Bonchev–Trinajstić information content (AvgIpc) is 3.42. The summed E-state index contributed by atoms with van der Waals surface area (Å²) in [6, 6.07) is 17.5. The molecule has 0 aliphatic rings. The third-order valence-corrected chi connectivity index (χ3v) is 6.40. The number of hydrogen-bond donors (Lipinski definition) is 0. The van der Waals surface area contributed by atoms with Crippen LogP contribution in [0.4, 0.5) is 0 Å². The minimum absolute atomic E-state index is 0.125. The summed E-state index contributed by atoms with van der Waals surface area (Å²) in [5.41, 5.74) is 2.63. The molecule has 0 saturated carbocycles. The monoisotopic (exact) mass is 444 g/mol. The molecule has 0 spiro atoms. The molecule has 0 amide bonds. The van der Waals surface area contributed by atoms with Crippen molar-refractivity contribution in [3.63, 3.8) is 0 Å². The molecule has 3 aromatic heterocycles. The average molecular weight is 445 g/mol. The number of rotatable bonds is 6. The number of fused-ring (bicyclic) bond motifs is 1. The molecule has 5 aromatic rings. The molecule has 2 aromatic carbocycles. The first-order valence-corrected chi connectivity index (χ1v) is 11.1. The lowest BCUT2D eigenvalue weighted by atomic mass is 10.1. The van der Waals surface area contributed by atoms with Gasteiger partial charge in [-0.2, -0.15) is 4.98 Å². The van der Waals surface area contributed by atoms with E-state index >= 15 is 0 Å². The lowest BCUT2D eigenvalue weighted by Crippen LogP contribution is -2.21. The maximum Gasteiger partial charge on any atom is 0.262 e. The Hall–Kier alpha value is -3.78. The molecule has 8 heteroatoms. The van der Waals surface area contributed by atoms with E-state index in [1.54, 1.807) is 0 Å². The molecule has 0 aliphatic carbocycles. The fourth-order valence-electron chi connectivity index (χ4n) is 3.64. The van der Waals surface area contributed by atoms with Crippen molar-refractivity contribution in [2.24, 2.45) is 0 Å². The number of para-hydroxylation sites is 1. The summed E-state index contributed by atoms with van der Waals surface area (Å²) in [5, 5.41) is 4.70. The van der Waals surface area contributed by atoms with E-state index in [9.17, 15) is 4.79 Å². The molecule has 160 valence electrons. The Morgan fingerprint density at radius 3 is 2.69 bits per heavy atom. The molecule has 32 heavy (non-hydrogen) atoms. The van der Waals surface area contributed by atoms with Crippen LogP contribution in [-0.4, -0.2) is 26.3 Å². The molecule has 3 heterocycles. The van der Waals surface area contributed by atoms with E-state index in [4.69, 9.17) is 9.26 Å². The van der Waals surface area contributed by atoms with Gasteiger partial charge in [0.1, 0.15) is 17.1 Å². The van der Waals surface area contributed by atoms with Gasteiger partial charge in [0, 0.05) is 4.88 Å². The zero-order valence-electron chi connectivity index (χ0n) is 17.6. The fourth-order valence-corrected chi connectivity index (χ4v) is 4.79. The van der Waals surface area contributed by atoms with Crippen molar-refractivity contribution in [2.45, 2.75) is 20.4 Å². The van der Waals surface area contributed by atoms with Gasteiger partial charge in [0.2, 0.25) is 11.7 Å². The highest BCUT2D eigenvalue weighted by molar-refractivity contribution is 7.22. The fraction of sp³-hybridized carbons (Fsp3) is 0.167. The molecule has 0 bridgehead atoms. The van der Waals surface area contributed by atoms with Crippen LogP contribution in [0.15, 0.2) is 70.2 Å². The summed E-state index contributed by atoms with van der Waals surface area (Å²) in [6.45, 7) is 4.56. The molecule has 0 unspecified atom stereocenters. The first kappa shape index (κ1) is 20.1. The molecule has 0 atom stereocenters. The standard InChI is InChI=1S/C24H20N4O3S/c1-3-30-18-12-8-7-11-17(18)22-26-19(31-27-22)13-28-14-25-23-20(24(28)29)15(2)21(32-23)16-9-5-4-6-10-16/h4-12,14H,3,13H2,1-2H3. The van der Waals surface area contributed by atoms with Crippen molar-refractivity contribution >= 4 is 21.6 Å². The first-order valence-electron chi connectivity index (χ1n) is 10.2. The summed E-state index contributed by atoms with van der Waals surface area (Å²) in [7, 11) is 0. The van der Waals surface area contributed by atoms with Crippen LogP contribution in [0.25, 0.3) is 32.0 Å². The lowest BCUT2D eigenvalue weighted by molar-refractivity contribution is 0.340. The van der Waals surface area contributed by atoms with E-state index in [0.717, 1.165) is 26.4 Å². The van der Waals surface area contributed by atoms with Crippen molar-refractivity contribution in [3.05, 3.63) is 82.7 Å². The van der Waals surface area contributed by atoms with Crippen molar-refractivity contribution in [1.82, 2.24) is 19.7 Å². The van der Waals surface area contributed by atoms with E-state index in [0.29, 0.717) is 29.5 Å². The minimum atomic E-state index is -0.125. The van der Waals surface area contributed by atoms with Crippen LogP contribution in [0.3, 0.4) is 0 Å². The van der Waals surface area contributed by atoms with Gasteiger partial charge in [-0.3, -0.25) is 9.36 Å². The molecule has 5 rings (SSSR count). The van der Waals surface area contributed by atoms with E-state index in [2.05, 4.69) is 15.1 Å². The second-order valence-electron chi connectivity index (χ2n) is 7.22. The number of thiophene rings is 1. The number of benzene rings is 2. The quantitative estimate of drug-likeness (QED) is 0.369. The Balaban J connectivity index is 1.49. The van der Waals surface area contributed by atoms with Gasteiger partial charge in [0.05, 0.1) is 23.9 Å². The molecule has 0 fully saturated rings. The second kappa shape index (κ2) is 8.39. The van der Waals surface area contributed by atoms with Crippen molar-refractivity contribution in [2.75, 3.05) is 6.61 Å². The van der Waals surface area contributed by atoms with Crippen LogP contribution in [-0.2, 0) is 6.54 Å². The number of ether oxygens (including phenoxy) is 1. The van der Waals surface area contributed by atoms with Gasteiger partial charge in [0.15, 0.2) is 0 Å². The highest BCUT2D eigenvalue weighted by atomic mass is 32.1. The van der Waals surface area contributed by atoms with Gasteiger partial charge in [-0.15, -0.1) is 11.3 Å². The zero-order valence-corrected chi connectivity index (χ0v) is 18.4. The first-order chi connectivity index (χ1) is 15.7. The predicted octanol–water partition coefficient (Wildman–Crippen LogP) is 4.93. The largest absolute Gasteiger partial charge is 0.493 e. The van der Waals surface area contributed by atoms with E-state index in [-0.39, 0.29) is 12.1 Å². The molecule has 0 radical (unpaired) electrons. The summed E-state index contributed by atoms with van der Waals surface area (Å²) >= 11 is 1.52. The predicted molar refractivity (Wildman–Crippen MR) is 124 cm³/mol. The summed E-state index contributed by atoms with van der Waals surface area (Å²) < 4.78 is 12.6. The summed E-state index contributed by atoms with van der Waals surface area (Å²) in [5.74, 6) is 1.43. The third-order valence-electron chi connectivity index (χ3n) is 5.15. The van der Waals surface area contributed by atoms with Crippen LogP contribution < -0.4 is 10.3 Å². The SMILES string of the molecule is CCOc1ccccc1-c1noc(Cn2cnc3sc(-c4ccccc4)c(C)c3c2=O)n1. The van der Waals surface area contributed by atoms with Gasteiger partial charge in [-0.25, -0.2) is 4.98 Å². The molecule has 0 saturated heterocycles. The van der Waals surface area contributed by atoms with Gasteiger partial charge in [-0.1, -0.05) is 47.6 Å². The van der Waals surface area contributed by atoms with E-state index < -0.39 is 0 Å². The smallest absolute Gasteiger partial charge is 0.262 e. The molecule has 0 N–H and O–H groups in total. The Labute approximate surface area is 187 Å². The maximum absolute atomic E-state index is 13.2. The maximum atomic E-state index is 13.2. The highest BCUT2D eigenvalue weighted by Gasteiger charge is 2.18. The van der Waals surface area contributed by atoms with Crippen molar-refractivity contribution < 1.29 is 9.26 Å². The number of aryl methyl sites for hydroxylation is 1. The summed E-state index contributed by atoms with van der Waals surface area (Å²) in [6.07, 6.45) is 1.54. The Kier molecular flexibility index (Phi) is 5.28. The number of hydrogen-bond acceptors (Lipinski definition) is 7. The topological polar surface area (TPSA) is 83.0 Å². The van der Waals surface area contributed by atoms with Gasteiger partial charge in [-0.05, 0) is 37.1 Å². The lowest BCUT2D eigenvalue weighted by Gasteiger charge is -2.06. The Morgan fingerprint density at radius 1 is 1.09 bits per heavy atom. The van der Waals surface area contributed by atoms with E-state index in [1.807, 2.05) is 68.4 Å². The second-order valence-corrected chi connectivity index (χ2v) is 8.22. The van der Waals surface area contributed by atoms with Gasteiger partial charge >= 0.3 is 0 Å². The molecular formula is C24H20N4O3S. The normalized spacial score (nSPS) is 11.2. The molecular weight excluding hydrogens is 424 g/mol. The van der Waals surface area contributed by atoms with Crippen molar-refractivity contribution in [1.29, 1.82) is 0 Å². The highest BCUT2D eigenvalue weighted by Crippen LogP contribution is 2.35. The van der Waals surface area contributed by atoms with E-state index in [1.165, 1.54) is 22.2 Å². The van der Waals surface area contributed by atoms with Crippen molar-refractivity contribution in [3.8, 4) is 27.6 Å². The van der Waals surface area contributed by atoms with Crippen LogP contribution in [0.2, 0.25) is 0 Å². The minimum Gasteiger partial charge on any atom is -0.493 e. The third kappa shape index (κ3) is 3.58. The number of nitrogens with zero attached hydrogens (tertiary/aromatic N) is 4. The zero-order chi connectivity index (χ0) is 22.1. The van der Waals surface area contributed by atoms with Gasteiger partial charge < -0.3 is 9.26 Å². The van der Waals surface area contributed by atoms with Crippen LogP contribution in [0, 0.1) is 6.92 Å². The molecule has 0 aliphatic heterocycles.